The van der Waals surface area contributed by atoms with E-state index in [2.05, 4.69) is 4.28 Å². The predicted molar refractivity (Wildman–Crippen MR) is 28.8 cm³/mol. The summed E-state index contributed by atoms with van der Waals surface area (Å²) < 4.78 is 33.2. The number of hydroxylamine groups is 3. The molecule has 0 spiro atoms. The maximum Gasteiger partial charge on any atom is 0.268 e. The summed E-state index contributed by atoms with van der Waals surface area (Å²) in [6.45, 7) is 0. The van der Waals surface area contributed by atoms with Crippen molar-refractivity contribution >= 4 is 10.4 Å². The minimum absolute atomic E-state index is 0.341. The first-order valence-electron chi connectivity index (χ1n) is 2.19. The second-order valence-electron chi connectivity index (χ2n) is 2.37. The van der Waals surface area contributed by atoms with Crippen LogP contribution in [0.15, 0.2) is 0 Å². The Hall–Kier alpha value is -0.170. The van der Waals surface area contributed by atoms with Gasteiger partial charge in [-0.2, -0.15) is 4.65 Å². The molecule has 0 saturated heterocycles. The predicted octanol–water partition coefficient (Wildman–Crippen LogP) is -0.916. The van der Waals surface area contributed by atoms with E-state index in [1.807, 2.05) is 0 Å². The lowest BCUT2D eigenvalue weighted by Gasteiger charge is -2.21. The van der Waals surface area contributed by atoms with E-state index >= 15 is 0 Å². The molecule has 0 aromatic carbocycles. The molecule has 0 aromatic heterocycles. The van der Waals surface area contributed by atoms with Gasteiger partial charge >= 0.3 is 0 Å². The van der Waals surface area contributed by atoms with Crippen LogP contribution in [0.1, 0.15) is 0 Å². The molecule has 0 fully saturated rings. The Labute approximate surface area is 54.3 Å². The Morgan fingerprint density at radius 3 is 1.67 bits per heavy atom. The minimum atomic E-state index is -4.56. The van der Waals surface area contributed by atoms with Gasteiger partial charge in [0.25, 0.3) is 10.4 Å². The number of nitrogens with zero attached hydrogens (tertiary/aromatic N) is 1. The molecule has 0 atom stereocenters. The second-order valence-corrected chi connectivity index (χ2v) is 3.34. The van der Waals surface area contributed by atoms with Crippen LogP contribution in [0.2, 0.25) is 0 Å². The van der Waals surface area contributed by atoms with E-state index in [1.54, 1.807) is 0 Å². The van der Waals surface area contributed by atoms with E-state index in [0.717, 1.165) is 0 Å². The van der Waals surface area contributed by atoms with Crippen molar-refractivity contribution in [3.63, 3.8) is 0 Å². The van der Waals surface area contributed by atoms with Gasteiger partial charge in [-0.05, 0) is 0 Å². The number of hydrogen-bond acceptors (Lipinski definition) is 4. The highest BCUT2D eigenvalue weighted by Gasteiger charge is 2.12. The molecule has 0 rings (SSSR count). The molecule has 0 unspecified atom stereocenters. The van der Waals surface area contributed by atoms with Gasteiger partial charge in [0.15, 0.2) is 0 Å². The summed E-state index contributed by atoms with van der Waals surface area (Å²) in [4.78, 5) is 0. The highest BCUT2D eigenvalue weighted by molar-refractivity contribution is 7.80. The van der Waals surface area contributed by atoms with Crippen molar-refractivity contribution in [3.05, 3.63) is 0 Å². The zero-order chi connectivity index (χ0) is 7.71. The molecule has 0 aromatic rings. The fourth-order valence-corrected chi connectivity index (χ4v) is 0.822. The highest BCUT2D eigenvalue weighted by atomic mass is 32.3. The van der Waals surface area contributed by atoms with Crippen molar-refractivity contribution in [2.45, 2.75) is 0 Å². The van der Waals surface area contributed by atoms with Crippen LogP contribution in [-0.4, -0.2) is 38.8 Å². The van der Waals surface area contributed by atoms with Gasteiger partial charge in [0.2, 0.25) is 0 Å². The monoisotopic (exact) mass is 155 g/mol. The molecule has 0 radical (unpaired) electrons. The van der Waals surface area contributed by atoms with Gasteiger partial charge in [-0.1, -0.05) is 4.28 Å². The molecule has 0 aliphatic rings. The molecule has 6 heteroatoms. The summed E-state index contributed by atoms with van der Waals surface area (Å²) in [6, 6.07) is 0. The Balaban J connectivity index is 4.07. The largest absolute Gasteiger partial charge is 0.722 e. The van der Waals surface area contributed by atoms with Crippen LogP contribution in [0.3, 0.4) is 0 Å². The van der Waals surface area contributed by atoms with Gasteiger partial charge in [0.05, 0.1) is 21.1 Å². The zero-order valence-electron chi connectivity index (χ0n) is 5.49. The van der Waals surface area contributed by atoms with E-state index in [-0.39, 0.29) is 4.65 Å². The van der Waals surface area contributed by atoms with E-state index in [0.29, 0.717) is 0 Å². The normalized spacial score (nSPS) is 13.8. The minimum Gasteiger partial charge on any atom is -0.722 e. The molecule has 0 aliphatic carbocycles. The fraction of sp³-hybridized carbons (Fsp3) is 1.00. The van der Waals surface area contributed by atoms with Crippen LogP contribution in [0.5, 0.6) is 0 Å². The lowest BCUT2D eigenvalue weighted by atomic mass is 11.0. The van der Waals surface area contributed by atoms with Crippen molar-refractivity contribution in [1.82, 2.24) is 0 Å². The van der Waals surface area contributed by atoms with Crippen molar-refractivity contribution in [2.75, 3.05) is 21.1 Å². The molecule has 0 amide bonds. The second kappa shape index (κ2) is 2.22. The lowest BCUT2D eigenvalue weighted by molar-refractivity contribution is -1.03. The number of hydrogen-bond donors (Lipinski definition) is 0. The summed E-state index contributed by atoms with van der Waals surface area (Å²) in [7, 11) is -0.281. The molecular formula is C3H9NO4S. The van der Waals surface area contributed by atoms with Gasteiger partial charge in [0.1, 0.15) is 0 Å². The highest BCUT2D eigenvalue weighted by Crippen LogP contribution is 1.96. The fourth-order valence-electron chi connectivity index (χ4n) is 0.274. The molecule has 0 aliphatic heterocycles. The van der Waals surface area contributed by atoms with Crippen LogP contribution < -0.4 is 0 Å². The van der Waals surface area contributed by atoms with E-state index in [9.17, 15) is 13.0 Å². The maximum atomic E-state index is 9.85. The third-order valence-electron chi connectivity index (χ3n) is 0.315. The number of rotatable bonds is 2. The van der Waals surface area contributed by atoms with E-state index in [4.69, 9.17) is 0 Å². The SMILES string of the molecule is C[N+](C)(C)OS(=O)(=O)[O-]. The molecule has 9 heavy (non-hydrogen) atoms. The van der Waals surface area contributed by atoms with Crippen LogP contribution >= 0.6 is 0 Å². The molecule has 0 N–H and O–H groups in total. The van der Waals surface area contributed by atoms with Crippen molar-refractivity contribution < 1.29 is 21.9 Å². The Kier molecular flexibility index (Phi) is 2.18. The quantitative estimate of drug-likeness (QED) is 0.224. The average molecular weight is 155 g/mol. The number of quaternary nitrogens is 1. The Morgan fingerprint density at radius 1 is 1.33 bits per heavy atom. The smallest absolute Gasteiger partial charge is 0.268 e. The summed E-state index contributed by atoms with van der Waals surface area (Å²) in [5.41, 5.74) is 0. The van der Waals surface area contributed by atoms with Crippen LogP contribution in [0.4, 0.5) is 0 Å². The molecule has 0 bridgehead atoms. The third kappa shape index (κ3) is 7.83. The Bertz CT molecular complexity index is 176. The zero-order valence-corrected chi connectivity index (χ0v) is 6.30. The van der Waals surface area contributed by atoms with E-state index in [1.165, 1.54) is 21.1 Å². The standard InChI is InChI=1S/C3H9NO4S/c1-4(2,3)8-9(5,6)7/h1-3H3. The third-order valence-corrected chi connectivity index (χ3v) is 0.945. The summed E-state index contributed by atoms with van der Waals surface area (Å²) in [6.07, 6.45) is 0. The van der Waals surface area contributed by atoms with Crippen molar-refractivity contribution in [1.29, 1.82) is 0 Å². The van der Waals surface area contributed by atoms with Gasteiger partial charge in [0, 0.05) is 0 Å². The molecule has 56 valence electrons. The Morgan fingerprint density at radius 2 is 1.67 bits per heavy atom. The first-order chi connectivity index (χ1) is 3.71. The van der Waals surface area contributed by atoms with Crippen LogP contribution in [-0.2, 0) is 14.7 Å². The average Bonchev–Trinajstić information content (AvgIpc) is 1.14. The van der Waals surface area contributed by atoms with E-state index < -0.39 is 10.4 Å². The van der Waals surface area contributed by atoms with Gasteiger partial charge < -0.3 is 4.55 Å². The van der Waals surface area contributed by atoms with Gasteiger partial charge in [-0.15, -0.1) is 0 Å². The van der Waals surface area contributed by atoms with Crippen LogP contribution in [0, 0.1) is 0 Å². The molecule has 0 heterocycles. The maximum absolute atomic E-state index is 9.85. The molecular weight excluding hydrogens is 146 g/mol. The summed E-state index contributed by atoms with van der Waals surface area (Å²) in [5, 5.41) is 0. The van der Waals surface area contributed by atoms with Crippen molar-refractivity contribution in [3.8, 4) is 0 Å². The van der Waals surface area contributed by atoms with Gasteiger partial charge in [-0.25, -0.2) is 8.42 Å². The van der Waals surface area contributed by atoms with Crippen molar-refractivity contribution in [2.24, 2.45) is 0 Å². The first-order valence-corrected chi connectivity index (χ1v) is 3.52. The lowest BCUT2D eigenvalue weighted by Crippen LogP contribution is -2.36. The summed E-state index contributed by atoms with van der Waals surface area (Å²) in [5.74, 6) is 0. The molecule has 0 saturated carbocycles. The summed E-state index contributed by atoms with van der Waals surface area (Å²) >= 11 is 0. The topological polar surface area (TPSA) is 66.4 Å². The molecule has 5 nitrogen and oxygen atoms in total. The van der Waals surface area contributed by atoms with Crippen LogP contribution in [0.25, 0.3) is 0 Å². The van der Waals surface area contributed by atoms with Gasteiger partial charge in [-0.3, -0.25) is 0 Å². The first kappa shape index (κ1) is 8.83.